The number of ether oxygens (including phenoxy) is 2. The molecular formula is C25H28N4O4S. The number of sulfonamides is 1. The summed E-state index contributed by atoms with van der Waals surface area (Å²) in [7, 11) is 1.47. The molecule has 3 heterocycles. The molecule has 1 aliphatic heterocycles. The van der Waals surface area contributed by atoms with Gasteiger partial charge in [0.05, 0.1) is 32.2 Å². The monoisotopic (exact) mass is 480 g/mol. The predicted octanol–water partition coefficient (Wildman–Crippen LogP) is 3.82. The largest absolute Gasteiger partial charge is 0.480 e. The quantitative estimate of drug-likeness (QED) is 0.524. The molecule has 0 amide bonds. The van der Waals surface area contributed by atoms with Gasteiger partial charge < -0.3 is 14.4 Å². The molecule has 9 heteroatoms. The molecule has 34 heavy (non-hydrogen) atoms. The van der Waals surface area contributed by atoms with Gasteiger partial charge in [0.25, 0.3) is 10.0 Å². The highest BCUT2D eigenvalue weighted by Gasteiger charge is 2.23. The lowest BCUT2D eigenvalue weighted by Gasteiger charge is -2.16. The first-order chi connectivity index (χ1) is 16.4. The van der Waals surface area contributed by atoms with Gasteiger partial charge in [0.2, 0.25) is 5.88 Å². The van der Waals surface area contributed by atoms with Crippen LogP contribution >= 0.6 is 0 Å². The van der Waals surface area contributed by atoms with Crippen LogP contribution < -0.4 is 9.46 Å². The molecule has 8 nitrogen and oxygen atoms in total. The lowest BCUT2D eigenvalue weighted by molar-refractivity contribution is 0.161. The third-order valence-electron chi connectivity index (χ3n) is 5.41. The summed E-state index contributed by atoms with van der Waals surface area (Å²) in [5.41, 5.74) is 5.03. The molecule has 0 fully saturated rings. The maximum Gasteiger partial charge on any atom is 0.267 e. The average Bonchev–Trinajstić information content (AvgIpc) is 2.84. The fourth-order valence-electron chi connectivity index (χ4n) is 3.77. The Balaban J connectivity index is 1.61. The third-order valence-corrected chi connectivity index (χ3v) is 6.79. The van der Waals surface area contributed by atoms with E-state index in [0.717, 1.165) is 28.8 Å². The van der Waals surface area contributed by atoms with Crippen molar-refractivity contribution in [2.24, 2.45) is 0 Å². The number of aromatic nitrogens is 2. The van der Waals surface area contributed by atoms with Crippen molar-refractivity contribution in [3.8, 4) is 17.0 Å². The molecule has 0 saturated heterocycles. The molecule has 1 N–H and O–H groups in total. The van der Waals surface area contributed by atoms with Crippen LogP contribution in [0.3, 0.4) is 0 Å². The molecule has 0 radical (unpaired) electrons. The summed E-state index contributed by atoms with van der Waals surface area (Å²) in [5.74, 6) is 0.0319. The number of benzene rings is 1. The molecule has 0 saturated carbocycles. The minimum atomic E-state index is -3.98. The Hall–Kier alpha value is -3.27. The van der Waals surface area contributed by atoms with Crippen LogP contribution in [0.25, 0.3) is 16.7 Å². The van der Waals surface area contributed by atoms with E-state index in [2.05, 4.69) is 31.7 Å². The van der Waals surface area contributed by atoms with Crippen LogP contribution in [-0.4, -0.2) is 57.7 Å². The number of hydrogen-bond donors (Lipinski definition) is 1. The van der Waals surface area contributed by atoms with Crippen LogP contribution in [0, 0.1) is 0 Å². The molecular weight excluding hydrogens is 452 g/mol. The maximum atomic E-state index is 13.3. The molecule has 1 aliphatic rings. The van der Waals surface area contributed by atoms with Gasteiger partial charge in [-0.05, 0) is 54.9 Å². The Kier molecular flexibility index (Phi) is 7.26. The van der Waals surface area contributed by atoms with Crippen LogP contribution in [0.5, 0.6) is 5.88 Å². The van der Waals surface area contributed by atoms with Gasteiger partial charge >= 0.3 is 0 Å². The zero-order valence-corrected chi connectivity index (χ0v) is 20.3. The van der Waals surface area contributed by atoms with Gasteiger partial charge in [-0.15, -0.1) is 0 Å². The van der Waals surface area contributed by atoms with E-state index < -0.39 is 10.0 Å². The number of anilines is 1. The highest BCUT2D eigenvalue weighted by molar-refractivity contribution is 7.92. The second kappa shape index (κ2) is 10.3. The first kappa shape index (κ1) is 23.9. The Labute approximate surface area is 200 Å². The first-order valence-corrected chi connectivity index (χ1v) is 12.4. The Morgan fingerprint density at radius 1 is 1.06 bits per heavy atom. The Morgan fingerprint density at radius 3 is 2.53 bits per heavy atom. The summed E-state index contributed by atoms with van der Waals surface area (Å²) in [6, 6.07) is 11.5. The van der Waals surface area contributed by atoms with E-state index in [4.69, 9.17) is 9.47 Å². The summed E-state index contributed by atoms with van der Waals surface area (Å²) in [6.45, 7) is 1.93. The fourth-order valence-corrected chi connectivity index (χ4v) is 4.95. The number of rotatable bonds is 8. The van der Waals surface area contributed by atoms with E-state index in [0.29, 0.717) is 25.3 Å². The normalized spacial score (nSPS) is 14.1. The van der Waals surface area contributed by atoms with E-state index in [1.54, 1.807) is 24.5 Å². The van der Waals surface area contributed by atoms with E-state index >= 15 is 0 Å². The Bertz CT molecular complexity index is 1290. The summed E-state index contributed by atoms with van der Waals surface area (Å²) in [5, 5.41) is 0. The summed E-state index contributed by atoms with van der Waals surface area (Å²) in [4.78, 5) is 10.5. The minimum Gasteiger partial charge on any atom is -0.480 e. The van der Waals surface area contributed by atoms with E-state index in [1.165, 1.54) is 18.9 Å². The van der Waals surface area contributed by atoms with Gasteiger partial charge in [-0.3, -0.25) is 9.71 Å². The van der Waals surface area contributed by atoms with Crippen molar-refractivity contribution in [3.63, 3.8) is 0 Å². The Morgan fingerprint density at radius 2 is 1.85 bits per heavy atom. The molecule has 4 rings (SSSR count). The number of methoxy groups -OCH3 is 1. The van der Waals surface area contributed by atoms with Crippen molar-refractivity contribution in [1.29, 1.82) is 0 Å². The van der Waals surface area contributed by atoms with Gasteiger partial charge in [0, 0.05) is 24.5 Å². The second-order valence-electron chi connectivity index (χ2n) is 8.29. The smallest absolute Gasteiger partial charge is 0.267 e. The van der Waals surface area contributed by atoms with Crippen LogP contribution in [-0.2, 0) is 21.3 Å². The standard InChI is InChI=1S/C25H28N4O4S/c1-29(2)17-18-4-6-19(7-5-18)21-12-23(16-26-14-21)28-34(30,31)24-13-22(15-27-25(24)32-3)20-8-10-33-11-9-20/h4-8,12-16,28H,9-11,17H2,1-3H3. The molecule has 0 bridgehead atoms. The van der Waals surface area contributed by atoms with Crippen LogP contribution in [0.4, 0.5) is 5.69 Å². The molecule has 3 aromatic rings. The van der Waals surface area contributed by atoms with Gasteiger partial charge in [-0.1, -0.05) is 30.3 Å². The van der Waals surface area contributed by atoms with Crippen molar-refractivity contribution in [3.05, 3.63) is 72.2 Å². The topological polar surface area (TPSA) is 93.7 Å². The maximum absolute atomic E-state index is 13.3. The van der Waals surface area contributed by atoms with Crippen LogP contribution in [0.2, 0.25) is 0 Å². The third kappa shape index (κ3) is 5.61. The highest BCUT2D eigenvalue weighted by atomic mass is 32.2. The van der Waals surface area contributed by atoms with Crippen LogP contribution in [0.1, 0.15) is 17.5 Å². The predicted molar refractivity (Wildman–Crippen MR) is 132 cm³/mol. The molecule has 1 aromatic carbocycles. The molecule has 178 valence electrons. The van der Waals surface area contributed by atoms with Gasteiger partial charge in [0.15, 0.2) is 0 Å². The van der Waals surface area contributed by atoms with Crippen molar-refractivity contribution in [2.45, 2.75) is 17.9 Å². The lowest BCUT2D eigenvalue weighted by atomic mass is 10.0. The highest BCUT2D eigenvalue weighted by Crippen LogP contribution is 2.30. The number of hydrogen-bond acceptors (Lipinski definition) is 7. The lowest BCUT2D eigenvalue weighted by Crippen LogP contribution is -2.15. The first-order valence-electron chi connectivity index (χ1n) is 10.9. The molecule has 0 spiro atoms. The fraction of sp³-hybridized carbons (Fsp3) is 0.280. The zero-order valence-electron chi connectivity index (χ0n) is 19.5. The zero-order chi connectivity index (χ0) is 24.1. The van der Waals surface area contributed by atoms with Crippen molar-refractivity contribution in [2.75, 3.05) is 39.1 Å². The van der Waals surface area contributed by atoms with Crippen molar-refractivity contribution >= 4 is 21.3 Å². The molecule has 0 aliphatic carbocycles. The SMILES string of the molecule is COc1ncc(C2=CCOCC2)cc1S(=O)(=O)Nc1cncc(-c2ccc(CN(C)C)cc2)c1. The van der Waals surface area contributed by atoms with Crippen molar-refractivity contribution < 1.29 is 17.9 Å². The van der Waals surface area contributed by atoms with Crippen molar-refractivity contribution in [1.82, 2.24) is 14.9 Å². The van der Waals surface area contributed by atoms with Gasteiger partial charge in [-0.2, -0.15) is 0 Å². The van der Waals surface area contributed by atoms with Crippen LogP contribution in [0.15, 0.2) is 66.0 Å². The van der Waals surface area contributed by atoms with Gasteiger partial charge in [0.1, 0.15) is 4.90 Å². The number of nitrogens with one attached hydrogen (secondary N) is 1. The minimum absolute atomic E-state index is 0.0293. The molecule has 2 aromatic heterocycles. The van der Waals surface area contributed by atoms with E-state index in [9.17, 15) is 8.42 Å². The van der Waals surface area contributed by atoms with E-state index in [-0.39, 0.29) is 10.8 Å². The number of pyridine rings is 2. The second-order valence-corrected chi connectivity index (χ2v) is 9.94. The molecule has 0 atom stereocenters. The van der Waals surface area contributed by atoms with E-state index in [1.807, 2.05) is 32.3 Å². The average molecular weight is 481 g/mol. The number of nitrogens with zero attached hydrogens (tertiary/aromatic N) is 3. The van der Waals surface area contributed by atoms with Gasteiger partial charge in [-0.25, -0.2) is 13.4 Å². The summed E-state index contributed by atoms with van der Waals surface area (Å²) >= 11 is 0. The summed E-state index contributed by atoms with van der Waals surface area (Å²) in [6.07, 6.45) is 7.44. The summed E-state index contributed by atoms with van der Waals surface area (Å²) < 4.78 is 39.8. The molecule has 0 unspecified atom stereocenters.